The van der Waals surface area contributed by atoms with E-state index in [-0.39, 0.29) is 11.3 Å². The van der Waals surface area contributed by atoms with E-state index in [0.717, 1.165) is 16.7 Å². The number of para-hydroxylation sites is 1. The van der Waals surface area contributed by atoms with Gasteiger partial charge in [-0.3, -0.25) is 4.68 Å². The summed E-state index contributed by atoms with van der Waals surface area (Å²) < 4.78 is 43.0. The highest BCUT2D eigenvalue weighted by Gasteiger charge is 2.35. The third-order valence-corrected chi connectivity index (χ3v) is 4.79. The molecule has 5 rings (SSSR count). The van der Waals surface area contributed by atoms with Gasteiger partial charge in [-0.15, -0.1) is 0 Å². The highest BCUT2D eigenvalue weighted by molar-refractivity contribution is 5.85. The van der Waals surface area contributed by atoms with Crippen LogP contribution >= 0.6 is 0 Å². The van der Waals surface area contributed by atoms with Gasteiger partial charge in [0, 0.05) is 28.9 Å². The first-order chi connectivity index (χ1) is 15.0. The maximum atomic E-state index is 13.3. The van der Waals surface area contributed by atoms with Crippen molar-refractivity contribution in [1.82, 2.24) is 29.5 Å². The predicted molar refractivity (Wildman–Crippen MR) is 108 cm³/mol. The van der Waals surface area contributed by atoms with Crippen LogP contribution in [0.25, 0.3) is 27.8 Å². The van der Waals surface area contributed by atoms with Crippen LogP contribution in [0.15, 0.2) is 79.4 Å². The highest BCUT2D eigenvalue weighted by Crippen LogP contribution is 2.30. The molecule has 0 N–H and O–H groups in total. The molecule has 0 aliphatic carbocycles. The Labute approximate surface area is 174 Å². The van der Waals surface area contributed by atoms with Gasteiger partial charge in [0.25, 0.3) is 0 Å². The van der Waals surface area contributed by atoms with Crippen LogP contribution in [-0.2, 0) is 12.7 Å². The molecule has 154 valence electrons. The molecule has 3 aromatic heterocycles. The average Bonchev–Trinajstić information content (AvgIpc) is 3.43. The molecule has 0 atom stereocenters. The van der Waals surface area contributed by atoms with Gasteiger partial charge < -0.3 is 0 Å². The summed E-state index contributed by atoms with van der Waals surface area (Å²) in [6.07, 6.45) is 2.12. The molecule has 0 radical (unpaired) electrons. The first kappa shape index (κ1) is 19.0. The number of hydrogen-bond donors (Lipinski definition) is 0. The van der Waals surface area contributed by atoms with Crippen LogP contribution in [0.4, 0.5) is 13.2 Å². The maximum Gasteiger partial charge on any atom is 0.451 e. The van der Waals surface area contributed by atoms with Crippen molar-refractivity contribution in [2.75, 3.05) is 0 Å². The van der Waals surface area contributed by atoms with E-state index in [4.69, 9.17) is 0 Å². The van der Waals surface area contributed by atoms with Gasteiger partial charge in [0.2, 0.25) is 5.82 Å². The van der Waals surface area contributed by atoms with E-state index in [2.05, 4.69) is 20.2 Å². The van der Waals surface area contributed by atoms with E-state index in [1.54, 1.807) is 41.5 Å². The standard InChI is InChI=1S/C22H15F3N6/c23-22(24,25)21-28-19-9-5-4-8-18(19)20(29-21)31-14-17(11-27-31)16-10-26-30(13-16)12-15-6-2-1-3-7-15/h1-11,13-14H,12H2. The first-order valence-corrected chi connectivity index (χ1v) is 9.43. The summed E-state index contributed by atoms with van der Waals surface area (Å²) in [5.74, 6) is -1.13. The minimum Gasteiger partial charge on any atom is -0.268 e. The largest absolute Gasteiger partial charge is 0.451 e. The Morgan fingerprint density at radius 1 is 0.774 bits per heavy atom. The quantitative estimate of drug-likeness (QED) is 0.421. The van der Waals surface area contributed by atoms with Gasteiger partial charge in [0.1, 0.15) is 0 Å². The van der Waals surface area contributed by atoms with E-state index in [1.165, 1.54) is 10.7 Å². The van der Waals surface area contributed by atoms with Crippen molar-refractivity contribution in [1.29, 1.82) is 0 Å². The van der Waals surface area contributed by atoms with Gasteiger partial charge >= 0.3 is 6.18 Å². The fraction of sp³-hybridized carbons (Fsp3) is 0.0909. The molecule has 0 aliphatic heterocycles. The fourth-order valence-corrected chi connectivity index (χ4v) is 3.32. The summed E-state index contributed by atoms with van der Waals surface area (Å²) in [6.45, 7) is 0.612. The molecule has 2 aromatic carbocycles. The van der Waals surface area contributed by atoms with Crippen molar-refractivity contribution < 1.29 is 13.2 Å². The van der Waals surface area contributed by atoms with Crippen LogP contribution in [0.2, 0.25) is 0 Å². The zero-order chi connectivity index (χ0) is 21.4. The summed E-state index contributed by atoms with van der Waals surface area (Å²) in [6, 6.07) is 16.5. The second kappa shape index (κ2) is 7.35. The molecule has 3 heterocycles. The van der Waals surface area contributed by atoms with E-state index >= 15 is 0 Å². The predicted octanol–water partition coefficient (Wildman–Crippen LogP) is 4.75. The van der Waals surface area contributed by atoms with Crippen LogP contribution < -0.4 is 0 Å². The number of halogens is 3. The Morgan fingerprint density at radius 3 is 2.29 bits per heavy atom. The van der Waals surface area contributed by atoms with Crippen LogP contribution in [0.5, 0.6) is 0 Å². The lowest BCUT2D eigenvalue weighted by Crippen LogP contribution is -2.14. The minimum absolute atomic E-state index is 0.0702. The van der Waals surface area contributed by atoms with Crippen LogP contribution in [0, 0.1) is 0 Å². The van der Waals surface area contributed by atoms with Crippen molar-refractivity contribution in [2.45, 2.75) is 12.7 Å². The minimum atomic E-state index is -4.66. The number of fused-ring (bicyclic) bond motifs is 1. The number of alkyl halides is 3. The van der Waals surface area contributed by atoms with Gasteiger partial charge in [-0.25, -0.2) is 14.6 Å². The third kappa shape index (κ3) is 3.77. The number of aromatic nitrogens is 6. The van der Waals surface area contributed by atoms with Gasteiger partial charge in [-0.2, -0.15) is 23.4 Å². The van der Waals surface area contributed by atoms with Gasteiger partial charge in [0.05, 0.1) is 24.5 Å². The SMILES string of the molecule is FC(F)(F)c1nc(-n2cc(-c3cnn(Cc4ccccc4)c3)cn2)c2ccccc2n1. The smallest absolute Gasteiger partial charge is 0.268 e. The second-order valence-electron chi connectivity index (χ2n) is 6.97. The monoisotopic (exact) mass is 420 g/mol. The lowest BCUT2D eigenvalue weighted by molar-refractivity contribution is -0.144. The van der Waals surface area contributed by atoms with Gasteiger partial charge in [0.15, 0.2) is 5.82 Å². The Morgan fingerprint density at radius 2 is 1.48 bits per heavy atom. The zero-order valence-corrected chi connectivity index (χ0v) is 16.0. The molecule has 0 aliphatic rings. The lowest BCUT2D eigenvalue weighted by atomic mass is 10.2. The summed E-state index contributed by atoms with van der Waals surface area (Å²) >= 11 is 0. The molecular weight excluding hydrogens is 405 g/mol. The Balaban J connectivity index is 1.51. The van der Waals surface area contributed by atoms with Crippen molar-refractivity contribution in [2.24, 2.45) is 0 Å². The molecular formula is C22H15F3N6. The van der Waals surface area contributed by atoms with Crippen LogP contribution in [0.3, 0.4) is 0 Å². The van der Waals surface area contributed by atoms with Crippen molar-refractivity contribution in [3.8, 4) is 16.9 Å². The summed E-state index contributed by atoms with van der Waals surface area (Å²) in [5.41, 5.74) is 2.83. The molecule has 0 saturated heterocycles. The number of nitrogens with zero attached hydrogens (tertiary/aromatic N) is 6. The molecule has 9 heteroatoms. The molecule has 0 bridgehead atoms. The zero-order valence-electron chi connectivity index (χ0n) is 16.0. The van der Waals surface area contributed by atoms with Gasteiger partial charge in [-0.1, -0.05) is 42.5 Å². The second-order valence-corrected chi connectivity index (χ2v) is 6.97. The Hall–Kier alpha value is -4.01. The van der Waals surface area contributed by atoms with E-state index in [0.29, 0.717) is 11.9 Å². The fourth-order valence-electron chi connectivity index (χ4n) is 3.32. The first-order valence-electron chi connectivity index (χ1n) is 9.43. The summed E-state index contributed by atoms with van der Waals surface area (Å²) in [4.78, 5) is 7.40. The van der Waals surface area contributed by atoms with Gasteiger partial charge in [-0.05, 0) is 17.7 Å². The molecule has 5 aromatic rings. The topological polar surface area (TPSA) is 61.4 Å². The van der Waals surface area contributed by atoms with Crippen molar-refractivity contribution in [3.63, 3.8) is 0 Å². The Kier molecular flexibility index (Phi) is 4.50. The van der Waals surface area contributed by atoms with Crippen molar-refractivity contribution in [3.05, 3.63) is 90.8 Å². The summed E-state index contributed by atoms with van der Waals surface area (Å²) in [7, 11) is 0. The number of benzene rings is 2. The van der Waals surface area contributed by atoms with Crippen molar-refractivity contribution >= 4 is 10.9 Å². The molecule has 6 nitrogen and oxygen atoms in total. The van der Waals surface area contributed by atoms with E-state index in [1.807, 2.05) is 36.5 Å². The normalized spacial score (nSPS) is 11.8. The molecule has 0 amide bonds. The maximum absolute atomic E-state index is 13.3. The molecule has 0 spiro atoms. The lowest BCUT2D eigenvalue weighted by Gasteiger charge is -2.10. The average molecular weight is 420 g/mol. The molecule has 0 fully saturated rings. The molecule has 31 heavy (non-hydrogen) atoms. The highest BCUT2D eigenvalue weighted by atomic mass is 19.4. The van der Waals surface area contributed by atoms with E-state index in [9.17, 15) is 13.2 Å². The third-order valence-electron chi connectivity index (χ3n) is 4.79. The number of hydrogen-bond acceptors (Lipinski definition) is 4. The van der Waals surface area contributed by atoms with E-state index < -0.39 is 12.0 Å². The summed E-state index contributed by atoms with van der Waals surface area (Å²) in [5, 5.41) is 9.10. The molecule has 0 saturated carbocycles. The Bertz CT molecular complexity index is 1350. The van der Waals surface area contributed by atoms with Crippen LogP contribution in [-0.4, -0.2) is 29.5 Å². The molecule has 0 unspecified atom stereocenters. The van der Waals surface area contributed by atoms with Crippen LogP contribution in [0.1, 0.15) is 11.4 Å². The number of rotatable bonds is 4.